The van der Waals surface area contributed by atoms with E-state index in [2.05, 4.69) is 38.2 Å². The van der Waals surface area contributed by atoms with E-state index in [0.717, 1.165) is 50.4 Å². The first-order chi connectivity index (χ1) is 15.4. The first-order valence-electron chi connectivity index (χ1n) is 10.8. The number of nitrogens with zero attached hydrogens (tertiary/aromatic N) is 2. The number of carbonyl (C=O) groups is 1. The van der Waals surface area contributed by atoms with Gasteiger partial charge >= 0.3 is 0 Å². The number of aryl methyl sites for hydroxylation is 1. The van der Waals surface area contributed by atoms with Crippen LogP contribution in [0.15, 0.2) is 47.5 Å². The zero-order chi connectivity index (χ0) is 22.3. The molecule has 1 N–H and O–H groups in total. The van der Waals surface area contributed by atoms with Gasteiger partial charge in [0, 0.05) is 34.2 Å². The summed E-state index contributed by atoms with van der Waals surface area (Å²) in [6.07, 6.45) is 1.59. The second-order valence-electron chi connectivity index (χ2n) is 8.57. The van der Waals surface area contributed by atoms with Gasteiger partial charge in [-0.2, -0.15) is 0 Å². The van der Waals surface area contributed by atoms with Crippen molar-refractivity contribution in [1.29, 1.82) is 0 Å². The third-order valence-electron chi connectivity index (χ3n) is 5.66. The van der Waals surface area contributed by atoms with Gasteiger partial charge in [0.1, 0.15) is 15.7 Å². The molecule has 1 aliphatic heterocycles. The first-order valence-corrected chi connectivity index (χ1v) is 12.6. The average Bonchev–Trinajstić information content (AvgIpc) is 3.14. The Labute approximate surface area is 195 Å². The fourth-order valence-electron chi connectivity index (χ4n) is 4.07. The van der Waals surface area contributed by atoms with Crippen LogP contribution in [0.25, 0.3) is 21.0 Å². The SMILES string of the molecule is CCc1nc(SCC(=O)Nc2cccc3ccccc23)c2c3c(sc2n1)COC(C)(C)C3. The maximum absolute atomic E-state index is 12.9. The average molecular weight is 464 g/mol. The Hall–Kier alpha value is -2.48. The van der Waals surface area contributed by atoms with E-state index >= 15 is 0 Å². The van der Waals surface area contributed by atoms with Crippen molar-refractivity contribution in [1.82, 2.24) is 9.97 Å². The number of hydrogen-bond donors (Lipinski definition) is 1. The summed E-state index contributed by atoms with van der Waals surface area (Å²) in [4.78, 5) is 24.7. The van der Waals surface area contributed by atoms with Gasteiger partial charge in [-0.3, -0.25) is 4.79 Å². The molecule has 0 bridgehead atoms. The number of rotatable bonds is 5. The normalized spacial score (nSPS) is 15.1. The number of hydrogen-bond acceptors (Lipinski definition) is 6. The predicted molar refractivity (Wildman–Crippen MR) is 133 cm³/mol. The Bertz CT molecular complexity index is 1320. The molecule has 0 fully saturated rings. The van der Waals surface area contributed by atoms with Crippen LogP contribution in [-0.4, -0.2) is 27.2 Å². The molecule has 32 heavy (non-hydrogen) atoms. The molecule has 164 valence electrons. The minimum atomic E-state index is -0.210. The van der Waals surface area contributed by atoms with Crippen molar-refractivity contribution in [2.45, 2.75) is 50.8 Å². The summed E-state index contributed by atoms with van der Waals surface area (Å²) in [6, 6.07) is 14.0. The summed E-state index contributed by atoms with van der Waals surface area (Å²) >= 11 is 3.18. The largest absolute Gasteiger partial charge is 0.370 e. The Morgan fingerprint density at radius 3 is 2.84 bits per heavy atom. The van der Waals surface area contributed by atoms with Gasteiger partial charge < -0.3 is 10.1 Å². The van der Waals surface area contributed by atoms with E-state index in [1.54, 1.807) is 11.3 Å². The number of anilines is 1. The molecule has 4 aromatic rings. The molecule has 5 rings (SSSR count). The van der Waals surface area contributed by atoms with Crippen LogP contribution in [0, 0.1) is 0 Å². The highest BCUT2D eigenvalue weighted by Crippen LogP contribution is 2.41. The van der Waals surface area contributed by atoms with E-state index in [9.17, 15) is 4.79 Å². The van der Waals surface area contributed by atoms with Crippen LogP contribution in [-0.2, 0) is 29.0 Å². The highest BCUT2D eigenvalue weighted by molar-refractivity contribution is 8.00. The van der Waals surface area contributed by atoms with Crippen LogP contribution in [0.2, 0.25) is 0 Å². The molecule has 7 heteroatoms. The molecule has 5 nitrogen and oxygen atoms in total. The van der Waals surface area contributed by atoms with Gasteiger partial charge in [-0.1, -0.05) is 55.1 Å². The summed E-state index contributed by atoms with van der Waals surface area (Å²) in [5.41, 5.74) is 1.90. The topological polar surface area (TPSA) is 64.1 Å². The molecule has 2 aromatic carbocycles. The van der Waals surface area contributed by atoms with Gasteiger partial charge in [-0.05, 0) is 30.9 Å². The number of nitrogens with one attached hydrogen (secondary N) is 1. The first kappa shape index (κ1) is 21.4. The smallest absolute Gasteiger partial charge is 0.234 e. The summed E-state index contributed by atoms with van der Waals surface area (Å²) < 4.78 is 6.01. The number of thiophene rings is 1. The van der Waals surface area contributed by atoms with E-state index in [-0.39, 0.29) is 11.5 Å². The highest BCUT2D eigenvalue weighted by atomic mass is 32.2. The van der Waals surface area contributed by atoms with Crippen molar-refractivity contribution in [2.75, 3.05) is 11.1 Å². The second-order valence-corrected chi connectivity index (χ2v) is 10.6. The molecule has 0 aliphatic carbocycles. The lowest BCUT2D eigenvalue weighted by Gasteiger charge is -2.30. The van der Waals surface area contributed by atoms with E-state index in [1.807, 2.05) is 30.3 Å². The lowest BCUT2D eigenvalue weighted by atomic mass is 9.95. The molecular weight excluding hydrogens is 438 g/mol. The number of amides is 1. The number of benzene rings is 2. The zero-order valence-electron chi connectivity index (χ0n) is 18.4. The summed E-state index contributed by atoms with van der Waals surface area (Å²) in [5, 5.41) is 7.23. The molecule has 2 aromatic heterocycles. The molecular formula is C25H25N3O2S2. The minimum Gasteiger partial charge on any atom is -0.370 e. The minimum absolute atomic E-state index is 0.0380. The lowest BCUT2D eigenvalue weighted by Crippen LogP contribution is -2.31. The van der Waals surface area contributed by atoms with Gasteiger partial charge in [0.05, 0.1) is 18.0 Å². The lowest BCUT2D eigenvalue weighted by molar-refractivity contribution is -0.113. The van der Waals surface area contributed by atoms with E-state index < -0.39 is 0 Å². The molecule has 1 aliphatic rings. The van der Waals surface area contributed by atoms with E-state index in [0.29, 0.717) is 12.4 Å². The second kappa shape index (κ2) is 8.46. The Balaban J connectivity index is 1.42. The summed E-state index contributed by atoms with van der Waals surface area (Å²) in [5.74, 6) is 1.07. The Kier molecular flexibility index (Phi) is 5.65. The number of ether oxygens (including phenoxy) is 1. The number of carbonyl (C=O) groups excluding carboxylic acids is 1. The van der Waals surface area contributed by atoms with Crippen molar-refractivity contribution in [3.05, 3.63) is 58.7 Å². The van der Waals surface area contributed by atoms with Crippen LogP contribution >= 0.6 is 23.1 Å². The zero-order valence-corrected chi connectivity index (χ0v) is 20.0. The fraction of sp³-hybridized carbons (Fsp3) is 0.320. The molecule has 0 unspecified atom stereocenters. The van der Waals surface area contributed by atoms with Gasteiger partial charge in [0.25, 0.3) is 0 Å². The van der Waals surface area contributed by atoms with Crippen molar-refractivity contribution >= 4 is 55.7 Å². The van der Waals surface area contributed by atoms with Gasteiger partial charge in [0.15, 0.2) is 0 Å². The van der Waals surface area contributed by atoms with Crippen LogP contribution in [0.5, 0.6) is 0 Å². The molecule has 0 atom stereocenters. The maximum Gasteiger partial charge on any atom is 0.234 e. The van der Waals surface area contributed by atoms with Crippen molar-refractivity contribution in [3.8, 4) is 0 Å². The van der Waals surface area contributed by atoms with Crippen LogP contribution < -0.4 is 5.32 Å². The molecule has 0 saturated heterocycles. The summed E-state index contributed by atoms with van der Waals surface area (Å²) in [6.45, 7) is 6.90. The molecule has 1 amide bonds. The van der Waals surface area contributed by atoms with Gasteiger partial charge in [0.2, 0.25) is 5.91 Å². The Morgan fingerprint density at radius 2 is 2.00 bits per heavy atom. The molecule has 0 radical (unpaired) electrons. The maximum atomic E-state index is 12.9. The molecule has 0 saturated carbocycles. The van der Waals surface area contributed by atoms with Crippen LogP contribution in [0.4, 0.5) is 5.69 Å². The number of aromatic nitrogens is 2. The van der Waals surface area contributed by atoms with Crippen molar-refractivity contribution in [2.24, 2.45) is 0 Å². The van der Waals surface area contributed by atoms with Crippen LogP contribution in [0.1, 0.15) is 37.0 Å². The van der Waals surface area contributed by atoms with E-state index in [1.165, 1.54) is 22.2 Å². The Morgan fingerprint density at radius 1 is 1.19 bits per heavy atom. The highest BCUT2D eigenvalue weighted by Gasteiger charge is 2.31. The third kappa shape index (κ3) is 4.12. The van der Waals surface area contributed by atoms with Gasteiger partial charge in [-0.25, -0.2) is 9.97 Å². The van der Waals surface area contributed by atoms with Gasteiger partial charge in [-0.15, -0.1) is 11.3 Å². The number of fused-ring (bicyclic) bond motifs is 4. The predicted octanol–water partition coefficient (Wildman–Crippen LogP) is 5.99. The monoisotopic (exact) mass is 463 g/mol. The van der Waals surface area contributed by atoms with E-state index in [4.69, 9.17) is 14.7 Å². The third-order valence-corrected chi connectivity index (χ3v) is 7.74. The van der Waals surface area contributed by atoms with Crippen LogP contribution in [0.3, 0.4) is 0 Å². The quantitative estimate of drug-likeness (QED) is 0.291. The number of thioether (sulfide) groups is 1. The van der Waals surface area contributed by atoms with Crippen molar-refractivity contribution in [3.63, 3.8) is 0 Å². The standard InChI is InChI=1S/C25H25N3O2S2/c1-4-20-27-23(22-17-12-25(2,3)30-13-19(17)32-24(22)28-20)31-14-21(29)26-18-11-7-9-15-8-5-6-10-16(15)18/h5-11H,4,12-14H2,1-3H3,(H,26,29). The van der Waals surface area contributed by atoms with Crippen molar-refractivity contribution < 1.29 is 9.53 Å². The fourth-order valence-corrected chi connectivity index (χ4v) is 6.13. The molecule has 3 heterocycles. The summed E-state index contributed by atoms with van der Waals surface area (Å²) in [7, 11) is 0. The molecule has 0 spiro atoms.